The molecule has 1 unspecified atom stereocenters. The van der Waals surface area contributed by atoms with Gasteiger partial charge in [-0.05, 0) is 29.8 Å². The van der Waals surface area contributed by atoms with Crippen LogP contribution < -0.4 is 11.1 Å². The highest BCUT2D eigenvalue weighted by Crippen LogP contribution is 2.22. The number of aromatic nitrogens is 1. The highest BCUT2D eigenvalue weighted by Gasteiger charge is 2.29. The van der Waals surface area contributed by atoms with Crippen LogP contribution in [0.4, 0.5) is 5.69 Å². The quantitative estimate of drug-likeness (QED) is 0.700. The Morgan fingerprint density at radius 2 is 2.19 bits per heavy atom. The molecule has 7 nitrogen and oxygen atoms in total. The van der Waals surface area contributed by atoms with Crippen molar-refractivity contribution in [3.8, 4) is 0 Å². The summed E-state index contributed by atoms with van der Waals surface area (Å²) < 4.78 is 5.27. The molecule has 0 aliphatic carbocycles. The molecule has 3 N–H and O–H groups in total. The molecule has 1 aliphatic rings. The van der Waals surface area contributed by atoms with Crippen molar-refractivity contribution in [1.29, 1.82) is 0 Å². The van der Waals surface area contributed by atoms with Gasteiger partial charge in [-0.1, -0.05) is 18.2 Å². The molecule has 2 aromatic rings. The Morgan fingerprint density at radius 3 is 2.96 bits per heavy atom. The van der Waals surface area contributed by atoms with Gasteiger partial charge in [0.25, 0.3) is 0 Å². The number of nitrogens with one attached hydrogen (secondary N) is 1. The molecule has 2 amide bonds. The summed E-state index contributed by atoms with van der Waals surface area (Å²) in [5, 5.41) is 3.84. The molecule has 8 heteroatoms. The minimum absolute atomic E-state index is 0.101. The monoisotopic (exact) mass is 386 g/mol. The summed E-state index contributed by atoms with van der Waals surface area (Å²) in [6.07, 6.45) is 1.77. The van der Waals surface area contributed by atoms with E-state index in [0.29, 0.717) is 13.2 Å². The number of nitrogens with zero attached hydrogens (tertiary/aromatic N) is 2. The van der Waals surface area contributed by atoms with E-state index >= 15 is 0 Å². The number of nitrogens with two attached hydrogens (primary N) is 1. The van der Waals surface area contributed by atoms with Crippen molar-refractivity contribution >= 4 is 29.3 Å². The summed E-state index contributed by atoms with van der Waals surface area (Å²) >= 11 is 1.64. The summed E-state index contributed by atoms with van der Waals surface area (Å²) in [5.74, 6) is 0.0993. The number of rotatable bonds is 7. The van der Waals surface area contributed by atoms with Gasteiger partial charge in [-0.15, -0.1) is 11.8 Å². The van der Waals surface area contributed by atoms with Crippen LogP contribution in [0.5, 0.6) is 0 Å². The molecule has 1 aromatic heterocycles. The normalized spacial score (nSPS) is 17.4. The Morgan fingerprint density at radius 1 is 1.30 bits per heavy atom. The Hall–Kier alpha value is -2.42. The summed E-state index contributed by atoms with van der Waals surface area (Å²) in [7, 11) is 0. The average Bonchev–Trinajstić information content (AvgIpc) is 2.67. The molecule has 142 valence electrons. The van der Waals surface area contributed by atoms with E-state index in [9.17, 15) is 9.59 Å². The standard InChI is InChI=1S/C19H22N4O3S/c20-19(25)16-12-26-9-8-23(16)11-17(24)22-15-5-3-4-14(10-15)13-27-18-6-1-2-7-21-18/h1-7,10,16H,8-9,11-13H2,(H2,20,25)(H,22,24). The molecule has 1 aliphatic heterocycles. The Bertz CT molecular complexity index is 788. The third kappa shape index (κ3) is 5.78. The maximum Gasteiger partial charge on any atom is 0.238 e. The molecule has 1 saturated heterocycles. The summed E-state index contributed by atoms with van der Waals surface area (Å²) in [4.78, 5) is 29.9. The Balaban J connectivity index is 1.55. The van der Waals surface area contributed by atoms with E-state index in [0.717, 1.165) is 22.0 Å². The van der Waals surface area contributed by atoms with Crippen LogP contribution in [0.3, 0.4) is 0 Å². The maximum atomic E-state index is 12.4. The molecule has 2 heterocycles. The van der Waals surface area contributed by atoms with E-state index in [1.807, 2.05) is 42.5 Å². The molecule has 0 radical (unpaired) electrons. The number of hydrogen-bond donors (Lipinski definition) is 2. The lowest BCUT2D eigenvalue weighted by Crippen LogP contribution is -2.54. The van der Waals surface area contributed by atoms with E-state index in [-0.39, 0.29) is 19.1 Å². The lowest BCUT2D eigenvalue weighted by Gasteiger charge is -2.32. The Labute approximate surface area is 162 Å². The second-order valence-corrected chi connectivity index (χ2v) is 7.16. The Kier molecular flexibility index (Phi) is 6.80. The number of morpholine rings is 1. The molecule has 0 saturated carbocycles. The summed E-state index contributed by atoms with van der Waals surface area (Å²) in [6, 6.07) is 12.9. The van der Waals surface area contributed by atoms with Crippen LogP contribution in [-0.2, 0) is 20.1 Å². The van der Waals surface area contributed by atoms with Crippen LogP contribution >= 0.6 is 11.8 Å². The first-order chi connectivity index (χ1) is 13.1. The van der Waals surface area contributed by atoms with Crippen molar-refractivity contribution in [2.75, 3.05) is 31.6 Å². The topological polar surface area (TPSA) is 97.6 Å². The number of amides is 2. The van der Waals surface area contributed by atoms with Gasteiger partial charge in [0, 0.05) is 24.2 Å². The van der Waals surface area contributed by atoms with Gasteiger partial charge in [-0.25, -0.2) is 4.98 Å². The highest BCUT2D eigenvalue weighted by molar-refractivity contribution is 7.98. The summed E-state index contributed by atoms with van der Waals surface area (Å²) in [6.45, 7) is 1.31. The largest absolute Gasteiger partial charge is 0.378 e. The van der Waals surface area contributed by atoms with Crippen LogP contribution in [0.25, 0.3) is 0 Å². The zero-order valence-corrected chi connectivity index (χ0v) is 15.7. The number of hydrogen-bond acceptors (Lipinski definition) is 6. The maximum absolute atomic E-state index is 12.4. The zero-order chi connectivity index (χ0) is 19.1. The van der Waals surface area contributed by atoms with Gasteiger partial charge < -0.3 is 15.8 Å². The zero-order valence-electron chi connectivity index (χ0n) is 14.8. The van der Waals surface area contributed by atoms with Crippen molar-refractivity contribution < 1.29 is 14.3 Å². The molecule has 3 rings (SSSR count). The molecule has 1 atom stereocenters. The van der Waals surface area contributed by atoms with Crippen molar-refractivity contribution in [2.45, 2.75) is 16.8 Å². The molecule has 1 aromatic carbocycles. The first-order valence-electron chi connectivity index (χ1n) is 8.65. The number of thioether (sulfide) groups is 1. The van der Waals surface area contributed by atoms with Gasteiger partial charge >= 0.3 is 0 Å². The predicted molar refractivity (Wildman–Crippen MR) is 104 cm³/mol. The number of anilines is 1. The van der Waals surface area contributed by atoms with Gasteiger partial charge in [0.2, 0.25) is 11.8 Å². The number of primary amides is 1. The number of ether oxygens (including phenoxy) is 1. The molecular formula is C19H22N4O3S. The van der Waals surface area contributed by atoms with Crippen molar-refractivity contribution in [3.05, 3.63) is 54.2 Å². The van der Waals surface area contributed by atoms with E-state index in [1.54, 1.807) is 22.9 Å². The van der Waals surface area contributed by atoms with E-state index in [4.69, 9.17) is 10.5 Å². The fraction of sp³-hybridized carbons (Fsp3) is 0.316. The molecule has 0 bridgehead atoms. The van der Waals surface area contributed by atoms with Crippen LogP contribution in [0.2, 0.25) is 0 Å². The second kappa shape index (κ2) is 9.50. The third-order valence-electron chi connectivity index (χ3n) is 4.15. The third-order valence-corrected chi connectivity index (χ3v) is 5.16. The van der Waals surface area contributed by atoms with E-state index in [1.165, 1.54) is 0 Å². The minimum Gasteiger partial charge on any atom is -0.378 e. The SMILES string of the molecule is NC(=O)C1COCCN1CC(=O)Nc1cccc(CSc2ccccn2)c1. The average molecular weight is 386 g/mol. The molecular weight excluding hydrogens is 364 g/mol. The van der Waals surface area contributed by atoms with E-state index < -0.39 is 11.9 Å². The van der Waals surface area contributed by atoms with Gasteiger partial charge in [0.05, 0.1) is 24.8 Å². The number of carbonyl (C=O) groups excluding carboxylic acids is 2. The van der Waals surface area contributed by atoms with Gasteiger partial charge in [0.1, 0.15) is 6.04 Å². The van der Waals surface area contributed by atoms with Crippen molar-refractivity contribution in [3.63, 3.8) is 0 Å². The van der Waals surface area contributed by atoms with Crippen molar-refractivity contribution in [1.82, 2.24) is 9.88 Å². The van der Waals surface area contributed by atoms with Crippen LogP contribution in [-0.4, -0.2) is 54.0 Å². The van der Waals surface area contributed by atoms with Gasteiger partial charge in [-0.2, -0.15) is 0 Å². The van der Waals surface area contributed by atoms with E-state index in [2.05, 4.69) is 10.3 Å². The lowest BCUT2D eigenvalue weighted by atomic mass is 10.2. The fourth-order valence-corrected chi connectivity index (χ4v) is 3.61. The second-order valence-electron chi connectivity index (χ2n) is 6.17. The molecule has 27 heavy (non-hydrogen) atoms. The highest BCUT2D eigenvalue weighted by atomic mass is 32.2. The number of pyridine rings is 1. The fourth-order valence-electron chi connectivity index (χ4n) is 2.80. The lowest BCUT2D eigenvalue weighted by molar-refractivity contribution is -0.131. The molecule has 1 fully saturated rings. The first-order valence-corrected chi connectivity index (χ1v) is 9.64. The van der Waals surface area contributed by atoms with Gasteiger partial charge in [0.15, 0.2) is 0 Å². The van der Waals surface area contributed by atoms with Crippen LogP contribution in [0.15, 0.2) is 53.7 Å². The first kappa shape index (κ1) is 19.3. The number of benzene rings is 1. The minimum atomic E-state index is -0.564. The van der Waals surface area contributed by atoms with Crippen LogP contribution in [0, 0.1) is 0 Å². The van der Waals surface area contributed by atoms with Gasteiger partial charge in [-0.3, -0.25) is 14.5 Å². The predicted octanol–water partition coefficient (Wildman–Crippen LogP) is 1.50. The molecule has 0 spiro atoms. The smallest absolute Gasteiger partial charge is 0.238 e. The summed E-state index contributed by atoms with van der Waals surface area (Å²) in [5.41, 5.74) is 7.20. The van der Waals surface area contributed by atoms with Crippen molar-refractivity contribution in [2.24, 2.45) is 5.73 Å². The number of carbonyl (C=O) groups is 2. The van der Waals surface area contributed by atoms with Crippen LogP contribution in [0.1, 0.15) is 5.56 Å².